The minimum atomic E-state index is -0.207. The molecule has 0 aliphatic heterocycles. The molecular weight excluding hydrogens is 322 g/mol. The molecule has 0 spiro atoms. The van der Waals surface area contributed by atoms with Gasteiger partial charge in [0, 0.05) is 11.0 Å². The van der Waals surface area contributed by atoms with Crippen molar-refractivity contribution in [2.75, 3.05) is 6.61 Å². The second-order valence-corrected chi connectivity index (χ2v) is 4.39. The van der Waals surface area contributed by atoms with Gasteiger partial charge >= 0.3 is 5.97 Å². The van der Waals surface area contributed by atoms with Crippen LogP contribution < -0.4 is 0 Å². The van der Waals surface area contributed by atoms with Crippen LogP contribution in [0.5, 0.6) is 0 Å². The summed E-state index contributed by atoms with van der Waals surface area (Å²) in [6, 6.07) is 0. The molecule has 0 saturated carbocycles. The highest BCUT2D eigenvalue weighted by atomic mass is 127. The fraction of sp³-hybridized carbons (Fsp3) is 0.750. The smallest absolute Gasteiger partial charge is 0.302 e. The van der Waals surface area contributed by atoms with Crippen molar-refractivity contribution >= 4 is 28.6 Å². The van der Waals surface area contributed by atoms with E-state index in [0.717, 1.165) is 38.5 Å². The van der Waals surface area contributed by atoms with Crippen LogP contribution in [0, 0.1) is 0 Å². The average molecular weight is 342 g/mol. The summed E-state index contributed by atoms with van der Waals surface area (Å²) in [6.07, 6.45) is 6.85. The second kappa shape index (κ2) is 11.4. The third kappa shape index (κ3) is 11.9. The van der Waals surface area contributed by atoms with Crippen molar-refractivity contribution < 1.29 is 13.9 Å². The Morgan fingerprint density at radius 1 is 1.19 bits per heavy atom. The number of halogens is 2. The van der Waals surface area contributed by atoms with Gasteiger partial charge in [0.05, 0.1) is 6.61 Å². The van der Waals surface area contributed by atoms with Crippen molar-refractivity contribution in [3.05, 3.63) is 9.91 Å². The number of carbonyl (C=O) groups excluding carboxylic acids is 1. The molecule has 0 aromatic heterocycles. The molecule has 0 fully saturated rings. The Morgan fingerprint density at radius 3 is 2.31 bits per heavy atom. The number of carbonyl (C=O) groups is 1. The quantitative estimate of drug-likeness (QED) is 0.350. The summed E-state index contributed by atoms with van der Waals surface area (Å²) in [5, 5.41) is 0. The first kappa shape index (κ1) is 15.9. The van der Waals surface area contributed by atoms with Crippen LogP contribution in [0.1, 0.15) is 51.9 Å². The third-order valence-corrected chi connectivity index (χ3v) is 2.91. The van der Waals surface area contributed by atoms with Gasteiger partial charge in [0.25, 0.3) is 0 Å². The summed E-state index contributed by atoms with van der Waals surface area (Å²) >= 11 is 1.92. The third-order valence-electron chi connectivity index (χ3n) is 2.23. The van der Waals surface area contributed by atoms with Gasteiger partial charge in [-0.2, -0.15) is 0 Å². The number of unbranched alkanes of at least 4 members (excludes halogenated alkanes) is 5. The molecule has 4 heteroatoms. The van der Waals surface area contributed by atoms with Crippen LogP contribution in [0.4, 0.5) is 4.39 Å². The van der Waals surface area contributed by atoms with E-state index in [9.17, 15) is 9.18 Å². The molecule has 2 nitrogen and oxygen atoms in total. The highest BCUT2D eigenvalue weighted by molar-refractivity contribution is 14.1. The summed E-state index contributed by atoms with van der Waals surface area (Å²) in [5.74, 6) is -0.225. The molecule has 0 unspecified atom stereocenters. The van der Waals surface area contributed by atoms with E-state index in [0.29, 0.717) is 13.0 Å². The van der Waals surface area contributed by atoms with Crippen molar-refractivity contribution in [1.29, 1.82) is 0 Å². The van der Waals surface area contributed by atoms with Crippen molar-refractivity contribution in [3.8, 4) is 0 Å². The maximum atomic E-state index is 12.7. The largest absolute Gasteiger partial charge is 0.466 e. The Hall–Kier alpha value is -0.130. The van der Waals surface area contributed by atoms with Crippen molar-refractivity contribution in [2.24, 2.45) is 0 Å². The molecule has 0 N–H and O–H groups in total. The Labute approximate surface area is 111 Å². The highest BCUT2D eigenvalue weighted by Crippen LogP contribution is 2.13. The topological polar surface area (TPSA) is 26.3 Å². The lowest BCUT2D eigenvalue weighted by molar-refractivity contribution is -0.141. The maximum Gasteiger partial charge on any atom is 0.302 e. The minimum Gasteiger partial charge on any atom is -0.466 e. The van der Waals surface area contributed by atoms with E-state index in [2.05, 4.69) is 0 Å². The molecule has 0 radical (unpaired) electrons. The fourth-order valence-electron chi connectivity index (χ4n) is 1.37. The van der Waals surface area contributed by atoms with E-state index in [-0.39, 0.29) is 11.8 Å². The normalized spacial score (nSPS) is 11.6. The lowest BCUT2D eigenvalue weighted by atomic mass is 10.1. The number of hydrogen-bond acceptors (Lipinski definition) is 2. The Morgan fingerprint density at radius 2 is 1.75 bits per heavy atom. The summed E-state index contributed by atoms with van der Waals surface area (Å²) < 4.78 is 19.0. The van der Waals surface area contributed by atoms with Crippen molar-refractivity contribution in [1.82, 2.24) is 0 Å². The van der Waals surface area contributed by atoms with Crippen LogP contribution in [0.15, 0.2) is 9.91 Å². The molecular formula is C12H20FIO2. The van der Waals surface area contributed by atoms with Crippen LogP contribution in [-0.4, -0.2) is 12.6 Å². The van der Waals surface area contributed by atoms with Gasteiger partial charge in [0.15, 0.2) is 0 Å². The van der Waals surface area contributed by atoms with Gasteiger partial charge in [-0.3, -0.25) is 4.79 Å². The van der Waals surface area contributed by atoms with Gasteiger partial charge in [-0.15, -0.1) is 0 Å². The van der Waals surface area contributed by atoms with Crippen molar-refractivity contribution in [3.63, 3.8) is 0 Å². The summed E-state index contributed by atoms with van der Waals surface area (Å²) in [6.45, 7) is 1.96. The molecule has 0 rings (SSSR count). The van der Waals surface area contributed by atoms with E-state index in [1.165, 1.54) is 11.0 Å². The first-order chi connectivity index (χ1) is 7.66. The van der Waals surface area contributed by atoms with E-state index in [4.69, 9.17) is 4.74 Å². The van der Waals surface area contributed by atoms with E-state index in [1.807, 2.05) is 22.6 Å². The molecule has 0 atom stereocenters. The molecule has 0 aliphatic rings. The Kier molecular flexibility index (Phi) is 11.3. The summed E-state index contributed by atoms with van der Waals surface area (Å²) in [5.41, 5.74) is 0. The van der Waals surface area contributed by atoms with E-state index >= 15 is 0 Å². The second-order valence-electron chi connectivity index (χ2n) is 3.77. The van der Waals surface area contributed by atoms with Gasteiger partial charge in [-0.25, -0.2) is 4.39 Å². The SMILES string of the molecule is CC(=O)OCCCCCCCC/C(F)=C/I. The molecule has 94 valence electrons. The van der Waals surface area contributed by atoms with Crippen LogP contribution in [0.2, 0.25) is 0 Å². The molecule has 16 heavy (non-hydrogen) atoms. The van der Waals surface area contributed by atoms with Gasteiger partial charge in [0.2, 0.25) is 0 Å². The maximum absolute atomic E-state index is 12.7. The predicted molar refractivity (Wildman–Crippen MR) is 72.2 cm³/mol. The number of rotatable bonds is 9. The summed E-state index contributed by atoms with van der Waals surface area (Å²) in [4.78, 5) is 10.4. The van der Waals surface area contributed by atoms with Crippen molar-refractivity contribution in [2.45, 2.75) is 51.9 Å². The van der Waals surface area contributed by atoms with Gasteiger partial charge in [-0.05, 0) is 19.3 Å². The molecule has 0 amide bonds. The molecule has 0 bridgehead atoms. The van der Waals surface area contributed by atoms with Crippen LogP contribution >= 0.6 is 22.6 Å². The zero-order valence-electron chi connectivity index (χ0n) is 9.81. The monoisotopic (exact) mass is 342 g/mol. The van der Waals surface area contributed by atoms with Gasteiger partial charge in [0.1, 0.15) is 5.83 Å². The Balaban J connectivity index is 3.07. The number of hydrogen-bond donors (Lipinski definition) is 0. The zero-order valence-corrected chi connectivity index (χ0v) is 12.0. The lowest BCUT2D eigenvalue weighted by Crippen LogP contribution is -2.00. The number of allylic oxidation sites excluding steroid dienone is 1. The molecule has 0 saturated heterocycles. The molecule has 0 aromatic rings. The summed E-state index contributed by atoms with van der Waals surface area (Å²) in [7, 11) is 0. The van der Waals surface area contributed by atoms with Crippen LogP contribution in [-0.2, 0) is 9.53 Å². The predicted octanol–water partition coefficient (Wildman–Crippen LogP) is 4.53. The van der Waals surface area contributed by atoms with E-state index in [1.54, 1.807) is 0 Å². The number of esters is 1. The zero-order chi connectivity index (χ0) is 12.2. The average Bonchev–Trinajstić information content (AvgIpc) is 2.26. The molecule has 0 aliphatic carbocycles. The van der Waals surface area contributed by atoms with Crippen LogP contribution in [0.25, 0.3) is 0 Å². The van der Waals surface area contributed by atoms with Gasteiger partial charge < -0.3 is 4.74 Å². The highest BCUT2D eigenvalue weighted by Gasteiger charge is 1.96. The van der Waals surface area contributed by atoms with Crippen LogP contribution in [0.3, 0.4) is 0 Å². The fourth-order valence-corrected chi connectivity index (χ4v) is 1.68. The number of ether oxygens (including phenoxy) is 1. The minimum absolute atomic E-state index is 0.0181. The molecule has 0 heterocycles. The Bertz CT molecular complexity index is 217. The first-order valence-electron chi connectivity index (χ1n) is 5.75. The van der Waals surface area contributed by atoms with Gasteiger partial charge in [-0.1, -0.05) is 48.3 Å². The standard InChI is InChI=1S/C12H20FIO2/c1-11(15)16-9-7-5-3-2-4-6-8-12(13)10-14/h10H,2-9H2,1H3/b12-10-. The van der Waals surface area contributed by atoms with E-state index < -0.39 is 0 Å². The first-order valence-corrected chi connectivity index (χ1v) is 6.99. The lowest BCUT2D eigenvalue weighted by Gasteiger charge is -2.02. The molecule has 0 aromatic carbocycles.